The van der Waals surface area contributed by atoms with Crippen molar-refractivity contribution < 1.29 is 19.0 Å². The standard InChI is InChI=1S/C18H28O4/c1-4-5-6-7-8-9-10-18(19)22-14-15-11-12-16(20-2)17(13-15)21-3/h11-13H,4-10,14H2,1-3H3. The average Bonchev–Trinajstić information content (AvgIpc) is 2.55. The highest BCUT2D eigenvalue weighted by Crippen LogP contribution is 2.27. The van der Waals surface area contributed by atoms with Gasteiger partial charge in [0.2, 0.25) is 0 Å². The van der Waals surface area contributed by atoms with Gasteiger partial charge in [-0.3, -0.25) is 4.79 Å². The lowest BCUT2D eigenvalue weighted by atomic mass is 10.1. The molecule has 0 aliphatic carbocycles. The Kier molecular flexibility index (Phi) is 9.12. The molecule has 1 aromatic rings. The van der Waals surface area contributed by atoms with E-state index in [9.17, 15) is 4.79 Å². The normalized spacial score (nSPS) is 10.3. The highest BCUT2D eigenvalue weighted by Gasteiger charge is 2.07. The number of methoxy groups -OCH3 is 2. The molecule has 4 heteroatoms. The molecule has 0 aliphatic heterocycles. The van der Waals surface area contributed by atoms with E-state index in [1.807, 2.05) is 18.2 Å². The number of esters is 1. The molecule has 0 saturated heterocycles. The molecular weight excluding hydrogens is 280 g/mol. The molecule has 22 heavy (non-hydrogen) atoms. The fourth-order valence-corrected chi connectivity index (χ4v) is 2.26. The first kappa shape index (κ1) is 18.3. The van der Waals surface area contributed by atoms with Crippen molar-refractivity contribution in [2.24, 2.45) is 0 Å². The molecular formula is C18H28O4. The average molecular weight is 308 g/mol. The lowest BCUT2D eigenvalue weighted by Gasteiger charge is -2.10. The van der Waals surface area contributed by atoms with Crippen LogP contribution in [-0.2, 0) is 16.1 Å². The van der Waals surface area contributed by atoms with Crippen molar-refractivity contribution in [3.8, 4) is 11.5 Å². The van der Waals surface area contributed by atoms with E-state index >= 15 is 0 Å². The maximum Gasteiger partial charge on any atom is 0.306 e. The Hall–Kier alpha value is -1.71. The first-order chi connectivity index (χ1) is 10.7. The first-order valence-electron chi connectivity index (χ1n) is 8.07. The molecule has 1 aromatic carbocycles. The van der Waals surface area contributed by atoms with Gasteiger partial charge in [-0.2, -0.15) is 0 Å². The van der Waals surface area contributed by atoms with Crippen LogP contribution in [0, 0.1) is 0 Å². The summed E-state index contributed by atoms with van der Waals surface area (Å²) in [6.45, 7) is 2.47. The van der Waals surface area contributed by atoms with E-state index in [4.69, 9.17) is 14.2 Å². The Morgan fingerprint density at radius 2 is 1.64 bits per heavy atom. The number of rotatable bonds is 11. The van der Waals surface area contributed by atoms with Crippen LogP contribution < -0.4 is 9.47 Å². The lowest BCUT2D eigenvalue weighted by molar-refractivity contribution is -0.145. The highest BCUT2D eigenvalue weighted by atomic mass is 16.5. The van der Waals surface area contributed by atoms with Gasteiger partial charge in [0.05, 0.1) is 14.2 Å². The maximum atomic E-state index is 11.7. The van der Waals surface area contributed by atoms with E-state index in [2.05, 4.69) is 6.92 Å². The third kappa shape index (κ3) is 6.83. The number of hydrogen-bond acceptors (Lipinski definition) is 4. The summed E-state index contributed by atoms with van der Waals surface area (Å²) in [4.78, 5) is 11.7. The molecule has 0 bridgehead atoms. The Morgan fingerprint density at radius 3 is 2.32 bits per heavy atom. The van der Waals surface area contributed by atoms with Gasteiger partial charge in [0.1, 0.15) is 6.61 Å². The predicted octanol–water partition coefficient (Wildman–Crippen LogP) is 4.50. The zero-order valence-corrected chi connectivity index (χ0v) is 14.0. The van der Waals surface area contributed by atoms with Crippen LogP contribution in [0.25, 0.3) is 0 Å². The van der Waals surface area contributed by atoms with Crippen molar-refractivity contribution in [1.29, 1.82) is 0 Å². The maximum absolute atomic E-state index is 11.7. The Morgan fingerprint density at radius 1 is 0.955 bits per heavy atom. The number of benzene rings is 1. The molecule has 0 amide bonds. The fourth-order valence-electron chi connectivity index (χ4n) is 2.26. The zero-order valence-electron chi connectivity index (χ0n) is 14.0. The van der Waals surface area contributed by atoms with Gasteiger partial charge in [0.25, 0.3) is 0 Å². The molecule has 1 rings (SSSR count). The van der Waals surface area contributed by atoms with Crippen LogP contribution in [0.2, 0.25) is 0 Å². The van der Waals surface area contributed by atoms with Gasteiger partial charge in [0.15, 0.2) is 11.5 Å². The van der Waals surface area contributed by atoms with E-state index in [0.29, 0.717) is 17.9 Å². The van der Waals surface area contributed by atoms with Crippen LogP contribution in [0.3, 0.4) is 0 Å². The topological polar surface area (TPSA) is 44.8 Å². The number of ether oxygens (including phenoxy) is 3. The minimum Gasteiger partial charge on any atom is -0.493 e. The van der Waals surface area contributed by atoms with E-state index in [0.717, 1.165) is 18.4 Å². The third-order valence-corrected chi connectivity index (χ3v) is 3.58. The van der Waals surface area contributed by atoms with Gasteiger partial charge in [-0.05, 0) is 24.1 Å². The van der Waals surface area contributed by atoms with Crippen LogP contribution >= 0.6 is 0 Å². The summed E-state index contributed by atoms with van der Waals surface area (Å²) in [5.41, 5.74) is 0.897. The van der Waals surface area contributed by atoms with E-state index in [1.165, 1.54) is 25.7 Å². The molecule has 4 nitrogen and oxygen atoms in total. The summed E-state index contributed by atoms with van der Waals surface area (Å²) in [7, 11) is 3.18. The SMILES string of the molecule is CCCCCCCCC(=O)OCc1ccc(OC)c(OC)c1. The Bertz CT molecular complexity index is 443. The van der Waals surface area contributed by atoms with Gasteiger partial charge < -0.3 is 14.2 Å². The molecule has 0 unspecified atom stereocenters. The summed E-state index contributed by atoms with van der Waals surface area (Å²) in [6, 6.07) is 5.52. The second-order valence-corrected chi connectivity index (χ2v) is 5.37. The quantitative estimate of drug-likeness (QED) is 0.446. The number of unbranched alkanes of at least 4 members (excludes halogenated alkanes) is 5. The van der Waals surface area contributed by atoms with Crippen molar-refractivity contribution in [2.45, 2.75) is 58.5 Å². The highest BCUT2D eigenvalue weighted by molar-refractivity contribution is 5.69. The predicted molar refractivity (Wildman–Crippen MR) is 87.3 cm³/mol. The summed E-state index contributed by atoms with van der Waals surface area (Å²) in [5.74, 6) is 1.18. The number of carbonyl (C=O) groups is 1. The molecule has 0 aromatic heterocycles. The van der Waals surface area contributed by atoms with Crippen molar-refractivity contribution in [3.63, 3.8) is 0 Å². The van der Waals surface area contributed by atoms with Crippen molar-refractivity contribution in [3.05, 3.63) is 23.8 Å². The van der Waals surface area contributed by atoms with Gasteiger partial charge in [0, 0.05) is 6.42 Å². The Balaban J connectivity index is 2.26. The van der Waals surface area contributed by atoms with E-state index in [1.54, 1.807) is 14.2 Å². The third-order valence-electron chi connectivity index (χ3n) is 3.58. The molecule has 0 aliphatic rings. The van der Waals surface area contributed by atoms with Crippen LogP contribution in [0.4, 0.5) is 0 Å². The van der Waals surface area contributed by atoms with Gasteiger partial charge in [-0.1, -0.05) is 45.1 Å². The fraction of sp³-hybridized carbons (Fsp3) is 0.611. The largest absolute Gasteiger partial charge is 0.493 e. The zero-order chi connectivity index (χ0) is 16.2. The monoisotopic (exact) mass is 308 g/mol. The second kappa shape index (κ2) is 10.9. The molecule has 124 valence electrons. The minimum atomic E-state index is -0.134. The Labute approximate surface area is 133 Å². The molecule has 0 radical (unpaired) electrons. The van der Waals surface area contributed by atoms with Crippen molar-refractivity contribution in [1.82, 2.24) is 0 Å². The van der Waals surface area contributed by atoms with Crippen LogP contribution in [0.15, 0.2) is 18.2 Å². The van der Waals surface area contributed by atoms with Crippen molar-refractivity contribution >= 4 is 5.97 Å². The van der Waals surface area contributed by atoms with Gasteiger partial charge in [-0.15, -0.1) is 0 Å². The van der Waals surface area contributed by atoms with E-state index < -0.39 is 0 Å². The first-order valence-corrected chi connectivity index (χ1v) is 8.07. The molecule has 0 N–H and O–H groups in total. The molecule has 0 atom stereocenters. The minimum absolute atomic E-state index is 0.134. The van der Waals surface area contributed by atoms with E-state index in [-0.39, 0.29) is 12.6 Å². The summed E-state index contributed by atoms with van der Waals surface area (Å²) < 4.78 is 15.7. The number of hydrogen-bond donors (Lipinski definition) is 0. The summed E-state index contributed by atoms with van der Waals surface area (Å²) in [6.07, 6.45) is 7.50. The molecule has 0 spiro atoms. The van der Waals surface area contributed by atoms with Crippen LogP contribution in [-0.4, -0.2) is 20.2 Å². The molecule has 0 fully saturated rings. The van der Waals surface area contributed by atoms with Crippen LogP contribution in [0.5, 0.6) is 11.5 Å². The summed E-state index contributed by atoms with van der Waals surface area (Å²) in [5, 5.41) is 0. The molecule has 0 saturated carbocycles. The smallest absolute Gasteiger partial charge is 0.306 e. The van der Waals surface area contributed by atoms with Crippen molar-refractivity contribution in [2.75, 3.05) is 14.2 Å². The van der Waals surface area contributed by atoms with Gasteiger partial charge >= 0.3 is 5.97 Å². The number of carbonyl (C=O) groups excluding carboxylic acids is 1. The van der Waals surface area contributed by atoms with Crippen LogP contribution in [0.1, 0.15) is 57.4 Å². The second-order valence-electron chi connectivity index (χ2n) is 5.37. The van der Waals surface area contributed by atoms with Gasteiger partial charge in [-0.25, -0.2) is 0 Å². The molecule has 0 heterocycles. The summed E-state index contributed by atoms with van der Waals surface area (Å²) >= 11 is 0. The lowest BCUT2D eigenvalue weighted by Crippen LogP contribution is -2.04.